The van der Waals surface area contributed by atoms with Gasteiger partial charge in [0.1, 0.15) is 4.83 Å². The van der Waals surface area contributed by atoms with E-state index in [2.05, 4.69) is 26.9 Å². The zero-order chi connectivity index (χ0) is 15.4. The Morgan fingerprint density at radius 2 is 1.91 bits per heavy atom. The average molecular weight is 338 g/mol. The summed E-state index contributed by atoms with van der Waals surface area (Å²) in [5, 5.41) is 2.97. The van der Waals surface area contributed by atoms with Crippen LogP contribution >= 0.6 is 22.7 Å². The number of aromatic nitrogens is 2. The first-order chi connectivity index (χ1) is 11.3. The number of thiophene rings is 1. The number of fused-ring (bicyclic) bond motifs is 5. The quantitative estimate of drug-likeness (QED) is 0.511. The van der Waals surface area contributed by atoms with Crippen LogP contribution in [0.25, 0.3) is 26.4 Å². The van der Waals surface area contributed by atoms with Crippen molar-refractivity contribution < 1.29 is 0 Å². The van der Waals surface area contributed by atoms with Gasteiger partial charge < -0.3 is 0 Å². The first-order valence-electron chi connectivity index (χ1n) is 7.83. The Labute approximate surface area is 140 Å². The molecule has 3 nitrogen and oxygen atoms in total. The number of rotatable bonds is 1. The number of hydrogen-bond donors (Lipinski definition) is 0. The zero-order valence-corrected chi connectivity index (χ0v) is 14.0. The van der Waals surface area contributed by atoms with E-state index in [-0.39, 0.29) is 5.56 Å². The summed E-state index contributed by atoms with van der Waals surface area (Å²) in [5.74, 6) is 0. The second-order valence-corrected chi connectivity index (χ2v) is 7.83. The summed E-state index contributed by atoms with van der Waals surface area (Å²) in [7, 11) is 0. The molecule has 1 aliphatic rings. The van der Waals surface area contributed by atoms with Crippen LogP contribution < -0.4 is 5.56 Å². The lowest BCUT2D eigenvalue weighted by molar-refractivity contribution is 0.700. The van der Waals surface area contributed by atoms with Gasteiger partial charge >= 0.3 is 0 Å². The summed E-state index contributed by atoms with van der Waals surface area (Å²) >= 11 is 3.33. The highest BCUT2D eigenvalue weighted by molar-refractivity contribution is 7.19. The van der Waals surface area contributed by atoms with Gasteiger partial charge in [-0.15, -0.1) is 22.7 Å². The molecule has 3 aromatic heterocycles. The Kier molecular flexibility index (Phi) is 2.93. The van der Waals surface area contributed by atoms with Gasteiger partial charge in [0.25, 0.3) is 5.56 Å². The topological polar surface area (TPSA) is 34.4 Å². The zero-order valence-electron chi connectivity index (χ0n) is 12.4. The highest BCUT2D eigenvalue weighted by Gasteiger charge is 2.22. The molecule has 3 heterocycles. The molecule has 114 valence electrons. The lowest BCUT2D eigenvalue weighted by Gasteiger charge is -2.09. The van der Waals surface area contributed by atoms with Crippen LogP contribution in [0.4, 0.5) is 0 Å². The van der Waals surface area contributed by atoms with E-state index in [4.69, 9.17) is 0 Å². The molecule has 0 fully saturated rings. The molecular weight excluding hydrogens is 324 g/mol. The molecule has 0 N–H and O–H groups in total. The molecule has 0 unspecified atom stereocenters. The third kappa shape index (κ3) is 1.93. The lowest BCUT2D eigenvalue weighted by Crippen LogP contribution is -2.10. The number of thiazole rings is 1. The predicted octanol–water partition coefficient (Wildman–Crippen LogP) is 4.52. The molecule has 0 bridgehead atoms. The fraction of sp³-hybridized carbons (Fsp3) is 0.222. The fourth-order valence-electron chi connectivity index (χ4n) is 3.47. The molecule has 0 spiro atoms. The lowest BCUT2D eigenvalue weighted by atomic mass is 9.97. The standard InChI is InChI=1S/C18H14N2OS2/c21-16-15-12-8-4-5-9-14(12)23-17(15)20-13(10-22-18(20)19-16)11-6-2-1-3-7-11/h1-3,6-7,10H,4-5,8-9H2. The van der Waals surface area contributed by atoms with E-state index >= 15 is 0 Å². The molecule has 0 atom stereocenters. The molecule has 0 amide bonds. The van der Waals surface area contributed by atoms with Gasteiger partial charge in [-0.25, -0.2) is 0 Å². The maximum atomic E-state index is 12.6. The van der Waals surface area contributed by atoms with Gasteiger partial charge in [0.15, 0.2) is 4.96 Å². The van der Waals surface area contributed by atoms with E-state index < -0.39 is 0 Å². The molecule has 5 rings (SSSR count). The smallest absolute Gasteiger partial charge is 0.275 e. The minimum Gasteiger partial charge on any atom is -0.275 e. The van der Waals surface area contributed by atoms with Crippen LogP contribution in [0.5, 0.6) is 0 Å². The van der Waals surface area contributed by atoms with Crippen LogP contribution in [0.15, 0.2) is 40.5 Å². The third-order valence-electron chi connectivity index (χ3n) is 4.54. The summed E-state index contributed by atoms with van der Waals surface area (Å²) in [4.78, 5) is 20.2. The van der Waals surface area contributed by atoms with Crippen molar-refractivity contribution in [3.05, 3.63) is 56.5 Å². The van der Waals surface area contributed by atoms with Crippen LogP contribution in [-0.2, 0) is 12.8 Å². The largest absolute Gasteiger partial charge is 0.282 e. The molecule has 0 radical (unpaired) electrons. The third-order valence-corrected chi connectivity index (χ3v) is 6.65. The van der Waals surface area contributed by atoms with Gasteiger partial charge in [0.05, 0.1) is 11.1 Å². The summed E-state index contributed by atoms with van der Waals surface area (Å²) in [6.07, 6.45) is 4.52. The van der Waals surface area contributed by atoms with E-state index in [1.807, 2.05) is 18.2 Å². The van der Waals surface area contributed by atoms with E-state index in [1.54, 1.807) is 22.7 Å². The maximum absolute atomic E-state index is 12.6. The molecule has 0 aliphatic heterocycles. The van der Waals surface area contributed by atoms with E-state index in [0.717, 1.165) is 39.3 Å². The van der Waals surface area contributed by atoms with Crippen molar-refractivity contribution in [2.24, 2.45) is 0 Å². The van der Waals surface area contributed by atoms with Gasteiger partial charge in [-0.05, 0) is 36.8 Å². The second kappa shape index (κ2) is 5.01. The van der Waals surface area contributed by atoms with Gasteiger partial charge in [-0.3, -0.25) is 9.20 Å². The van der Waals surface area contributed by atoms with Crippen molar-refractivity contribution in [2.75, 3.05) is 0 Å². The monoisotopic (exact) mass is 338 g/mol. The fourth-order valence-corrected chi connectivity index (χ4v) is 5.81. The van der Waals surface area contributed by atoms with Crippen LogP contribution in [0.3, 0.4) is 0 Å². The van der Waals surface area contributed by atoms with Gasteiger partial charge in [0, 0.05) is 10.3 Å². The Hall–Kier alpha value is -1.98. The molecule has 0 saturated heterocycles. The molecule has 23 heavy (non-hydrogen) atoms. The number of hydrogen-bond acceptors (Lipinski definition) is 4. The minimum absolute atomic E-state index is 0.0548. The van der Waals surface area contributed by atoms with Crippen molar-refractivity contribution in [1.82, 2.24) is 9.38 Å². The summed E-state index contributed by atoms with van der Waals surface area (Å²) in [5.41, 5.74) is 3.49. The van der Waals surface area contributed by atoms with Gasteiger partial charge in [-0.1, -0.05) is 30.3 Å². The van der Waals surface area contributed by atoms with E-state index in [0.29, 0.717) is 0 Å². The Balaban J connectivity index is 1.93. The average Bonchev–Trinajstić information content (AvgIpc) is 3.17. The van der Waals surface area contributed by atoms with E-state index in [9.17, 15) is 4.79 Å². The van der Waals surface area contributed by atoms with Crippen LogP contribution in [-0.4, -0.2) is 9.38 Å². The molecule has 4 aromatic rings. The van der Waals surface area contributed by atoms with Gasteiger partial charge in [-0.2, -0.15) is 4.98 Å². The van der Waals surface area contributed by atoms with Gasteiger partial charge in [0.2, 0.25) is 0 Å². The SMILES string of the molecule is O=c1nc2scc(-c3ccccc3)n2c2sc3c(c12)CCCC3. The van der Waals surface area contributed by atoms with Crippen molar-refractivity contribution in [1.29, 1.82) is 0 Å². The summed E-state index contributed by atoms with van der Waals surface area (Å²) in [6, 6.07) is 10.3. The molecule has 1 aliphatic carbocycles. The van der Waals surface area contributed by atoms with E-state index in [1.165, 1.54) is 23.3 Å². The van der Waals surface area contributed by atoms with Crippen molar-refractivity contribution in [3.8, 4) is 11.3 Å². The highest BCUT2D eigenvalue weighted by atomic mass is 32.1. The van der Waals surface area contributed by atoms with Crippen molar-refractivity contribution in [3.63, 3.8) is 0 Å². The highest BCUT2D eigenvalue weighted by Crippen LogP contribution is 2.37. The summed E-state index contributed by atoms with van der Waals surface area (Å²) in [6.45, 7) is 0. The Morgan fingerprint density at radius 1 is 1.09 bits per heavy atom. The molecule has 1 aromatic carbocycles. The number of nitrogens with zero attached hydrogens (tertiary/aromatic N) is 2. The van der Waals surface area contributed by atoms with Crippen molar-refractivity contribution in [2.45, 2.75) is 25.7 Å². The Morgan fingerprint density at radius 3 is 2.78 bits per heavy atom. The summed E-state index contributed by atoms with van der Waals surface area (Å²) < 4.78 is 2.18. The molecule has 5 heteroatoms. The van der Waals surface area contributed by atoms with Crippen LogP contribution in [0, 0.1) is 0 Å². The Bertz CT molecular complexity index is 1090. The maximum Gasteiger partial charge on any atom is 0.282 e. The first kappa shape index (κ1) is 13.5. The molecular formula is C18H14N2OS2. The van der Waals surface area contributed by atoms with Crippen LogP contribution in [0.1, 0.15) is 23.3 Å². The first-order valence-corrected chi connectivity index (χ1v) is 9.52. The predicted molar refractivity (Wildman–Crippen MR) is 96.8 cm³/mol. The second-order valence-electron chi connectivity index (χ2n) is 5.91. The normalized spacial score (nSPS) is 14.4. The van der Waals surface area contributed by atoms with Crippen molar-refractivity contribution >= 4 is 37.9 Å². The molecule has 0 saturated carbocycles. The number of benzene rings is 1. The van der Waals surface area contributed by atoms with Crippen LogP contribution in [0.2, 0.25) is 0 Å². The number of aryl methyl sites for hydroxylation is 2. The minimum atomic E-state index is -0.0548.